The number of aryl methyl sites for hydroxylation is 1. The Morgan fingerprint density at radius 1 is 1.30 bits per heavy atom. The summed E-state index contributed by atoms with van der Waals surface area (Å²) in [5.74, 6) is 0. The molecular weight excluding hydrogens is 274 g/mol. The van der Waals surface area contributed by atoms with Crippen molar-refractivity contribution in [3.8, 4) is 6.07 Å². The Balaban J connectivity index is 2.47. The number of rotatable bonds is 2. The summed E-state index contributed by atoms with van der Waals surface area (Å²) < 4.78 is 27.3. The molecule has 1 aromatic rings. The molecule has 1 aliphatic heterocycles. The zero-order chi connectivity index (χ0) is 14.9. The van der Waals surface area contributed by atoms with Gasteiger partial charge in [0.25, 0.3) is 0 Å². The maximum absolute atomic E-state index is 12.8. The summed E-state index contributed by atoms with van der Waals surface area (Å²) in [6.07, 6.45) is 0. The van der Waals surface area contributed by atoms with E-state index in [4.69, 9.17) is 5.26 Å². The maximum atomic E-state index is 12.8. The Morgan fingerprint density at radius 3 is 2.40 bits per heavy atom. The van der Waals surface area contributed by atoms with Gasteiger partial charge in [-0.2, -0.15) is 9.57 Å². The minimum Gasteiger partial charge on any atom is -0.314 e. The van der Waals surface area contributed by atoms with Gasteiger partial charge in [-0.25, -0.2) is 8.42 Å². The lowest BCUT2D eigenvalue weighted by molar-refractivity contribution is 0.220. The highest BCUT2D eigenvalue weighted by molar-refractivity contribution is 7.89. The fourth-order valence-corrected chi connectivity index (χ4v) is 4.74. The van der Waals surface area contributed by atoms with Crippen LogP contribution in [-0.4, -0.2) is 37.9 Å². The molecule has 1 saturated heterocycles. The number of nitrogens with one attached hydrogen (secondary N) is 1. The second-order valence-electron chi connectivity index (χ2n) is 5.28. The molecular formula is C14H19N3O2S. The molecule has 0 radical (unpaired) electrons. The highest BCUT2D eigenvalue weighted by Crippen LogP contribution is 2.25. The molecule has 1 heterocycles. The van der Waals surface area contributed by atoms with Crippen LogP contribution in [0.25, 0.3) is 0 Å². The summed E-state index contributed by atoms with van der Waals surface area (Å²) in [6, 6.07) is 6.56. The number of benzene rings is 1. The van der Waals surface area contributed by atoms with Gasteiger partial charge in [0.2, 0.25) is 10.0 Å². The van der Waals surface area contributed by atoms with Gasteiger partial charge in [-0.15, -0.1) is 0 Å². The van der Waals surface area contributed by atoms with Crippen LogP contribution in [0.4, 0.5) is 0 Å². The molecule has 1 N–H and O–H groups in total. The molecule has 0 saturated carbocycles. The summed E-state index contributed by atoms with van der Waals surface area (Å²) in [5.41, 5.74) is 1.09. The molecule has 2 rings (SSSR count). The Kier molecular flexibility index (Phi) is 4.14. The van der Waals surface area contributed by atoms with Crippen LogP contribution < -0.4 is 5.32 Å². The lowest BCUT2D eigenvalue weighted by Crippen LogP contribution is -2.57. The third-order valence-electron chi connectivity index (χ3n) is 3.61. The molecule has 0 amide bonds. The predicted molar refractivity (Wildman–Crippen MR) is 76.7 cm³/mol. The SMILES string of the molecule is Cc1cc(C#N)ccc1S(=O)(=O)N1C(C)CNCC1C. The number of hydrogen-bond donors (Lipinski definition) is 1. The van der Waals surface area contributed by atoms with Gasteiger partial charge in [0.05, 0.1) is 16.5 Å². The van der Waals surface area contributed by atoms with Crippen molar-refractivity contribution < 1.29 is 8.42 Å². The van der Waals surface area contributed by atoms with E-state index in [1.54, 1.807) is 23.4 Å². The van der Waals surface area contributed by atoms with Crippen molar-refractivity contribution in [2.24, 2.45) is 0 Å². The highest BCUT2D eigenvalue weighted by atomic mass is 32.2. The van der Waals surface area contributed by atoms with Crippen molar-refractivity contribution in [2.45, 2.75) is 37.8 Å². The molecule has 0 aromatic heterocycles. The van der Waals surface area contributed by atoms with Crippen LogP contribution in [0.2, 0.25) is 0 Å². The number of piperazine rings is 1. The van der Waals surface area contributed by atoms with Crippen LogP contribution in [-0.2, 0) is 10.0 Å². The largest absolute Gasteiger partial charge is 0.314 e. The van der Waals surface area contributed by atoms with Crippen molar-refractivity contribution in [3.05, 3.63) is 29.3 Å². The number of sulfonamides is 1. The van der Waals surface area contributed by atoms with Crippen molar-refractivity contribution in [2.75, 3.05) is 13.1 Å². The summed E-state index contributed by atoms with van der Waals surface area (Å²) in [5, 5.41) is 12.1. The Morgan fingerprint density at radius 2 is 1.90 bits per heavy atom. The summed E-state index contributed by atoms with van der Waals surface area (Å²) in [4.78, 5) is 0.289. The zero-order valence-electron chi connectivity index (χ0n) is 11.9. The van der Waals surface area contributed by atoms with Gasteiger partial charge < -0.3 is 5.32 Å². The van der Waals surface area contributed by atoms with Gasteiger partial charge in [-0.1, -0.05) is 0 Å². The Bertz CT molecular complexity index is 639. The predicted octanol–water partition coefficient (Wildman–Crippen LogP) is 1.24. The minimum absolute atomic E-state index is 0.0845. The van der Waals surface area contributed by atoms with E-state index < -0.39 is 10.0 Å². The molecule has 6 heteroatoms. The van der Waals surface area contributed by atoms with Crippen molar-refractivity contribution in [3.63, 3.8) is 0 Å². The van der Waals surface area contributed by atoms with E-state index >= 15 is 0 Å². The highest BCUT2D eigenvalue weighted by Gasteiger charge is 2.36. The van der Waals surface area contributed by atoms with Gasteiger partial charge >= 0.3 is 0 Å². The zero-order valence-corrected chi connectivity index (χ0v) is 12.7. The average Bonchev–Trinajstić information content (AvgIpc) is 2.37. The third-order valence-corrected chi connectivity index (χ3v) is 5.90. The van der Waals surface area contributed by atoms with E-state index in [9.17, 15) is 8.42 Å². The quantitative estimate of drug-likeness (QED) is 0.890. The van der Waals surface area contributed by atoms with E-state index in [0.717, 1.165) is 0 Å². The Hall–Kier alpha value is -1.42. The van der Waals surface area contributed by atoms with Crippen LogP contribution in [0.5, 0.6) is 0 Å². The lowest BCUT2D eigenvalue weighted by Gasteiger charge is -2.38. The van der Waals surface area contributed by atoms with E-state index in [1.807, 2.05) is 19.9 Å². The summed E-state index contributed by atoms with van der Waals surface area (Å²) >= 11 is 0. The maximum Gasteiger partial charge on any atom is 0.243 e. The standard InChI is InChI=1S/C14H19N3O2S/c1-10-6-13(7-15)4-5-14(10)20(18,19)17-11(2)8-16-9-12(17)3/h4-6,11-12,16H,8-9H2,1-3H3. The van der Waals surface area contributed by atoms with Gasteiger partial charge in [0.15, 0.2) is 0 Å². The van der Waals surface area contributed by atoms with Crippen molar-refractivity contribution >= 4 is 10.0 Å². The topological polar surface area (TPSA) is 73.2 Å². The average molecular weight is 293 g/mol. The van der Waals surface area contributed by atoms with E-state index in [0.29, 0.717) is 24.2 Å². The number of nitriles is 1. The van der Waals surface area contributed by atoms with Crippen molar-refractivity contribution in [1.29, 1.82) is 5.26 Å². The van der Waals surface area contributed by atoms with E-state index in [-0.39, 0.29) is 17.0 Å². The fourth-order valence-electron chi connectivity index (χ4n) is 2.71. The smallest absolute Gasteiger partial charge is 0.243 e. The van der Waals surface area contributed by atoms with Crippen LogP contribution in [0.15, 0.2) is 23.1 Å². The monoisotopic (exact) mass is 293 g/mol. The normalized spacial score (nSPS) is 24.3. The van der Waals surface area contributed by atoms with Gasteiger partial charge in [0.1, 0.15) is 0 Å². The lowest BCUT2D eigenvalue weighted by atomic mass is 10.2. The molecule has 2 atom stereocenters. The van der Waals surface area contributed by atoms with Gasteiger partial charge in [0, 0.05) is 25.2 Å². The van der Waals surface area contributed by atoms with E-state index in [2.05, 4.69) is 5.32 Å². The summed E-state index contributed by atoms with van der Waals surface area (Å²) in [7, 11) is -3.53. The number of hydrogen-bond acceptors (Lipinski definition) is 4. The first-order chi connectivity index (χ1) is 9.37. The molecule has 2 unspecified atom stereocenters. The molecule has 1 aliphatic rings. The summed E-state index contributed by atoms with van der Waals surface area (Å²) in [6.45, 7) is 6.83. The molecule has 0 spiro atoms. The molecule has 1 fully saturated rings. The first-order valence-corrected chi connectivity index (χ1v) is 8.07. The van der Waals surface area contributed by atoms with E-state index in [1.165, 1.54) is 6.07 Å². The van der Waals surface area contributed by atoms with Crippen LogP contribution in [0.3, 0.4) is 0 Å². The van der Waals surface area contributed by atoms with Gasteiger partial charge in [-0.05, 0) is 44.5 Å². The molecule has 1 aromatic carbocycles. The van der Waals surface area contributed by atoms with Gasteiger partial charge in [-0.3, -0.25) is 0 Å². The van der Waals surface area contributed by atoms with Crippen molar-refractivity contribution in [1.82, 2.24) is 9.62 Å². The van der Waals surface area contributed by atoms with Crippen LogP contribution >= 0.6 is 0 Å². The first-order valence-electron chi connectivity index (χ1n) is 6.63. The third kappa shape index (κ3) is 2.57. The minimum atomic E-state index is -3.53. The second-order valence-corrected chi connectivity index (χ2v) is 7.09. The number of nitrogens with zero attached hydrogens (tertiary/aromatic N) is 2. The molecule has 0 bridgehead atoms. The first kappa shape index (κ1) is 15.0. The second kappa shape index (κ2) is 5.52. The fraction of sp³-hybridized carbons (Fsp3) is 0.500. The molecule has 0 aliphatic carbocycles. The molecule has 20 heavy (non-hydrogen) atoms. The van der Waals surface area contributed by atoms with Crippen LogP contribution in [0, 0.1) is 18.3 Å². The van der Waals surface area contributed by atoms with Crippen LogP contribution in [0.1, 0.15) is 25.0 Å². The molecule has 108 valence electrons. The molecule has 5 nitrogen and oxygen atoms in total. The Labute approximate surface area is 120 Å².